The summed E-state index contributed by atoms with van der Waals surface area (Å²) in [7, 11) is 0. The van der Waals surface area contributed by atoms with Gasteiger partial charge in [-0.1, -0.05) is 92.2 Å². The van der Waals surface area contributed by atoms with E-state index in [0.717, 1.165) is 30.0 Å². The zero-order valence-electron chi connectivity index (χ0n) is 19.8. The molecule has 0 unspecified atom stereocenters. The Morgan fingerprint density at radius 2 is 1.40 bits per heavy atom. The normalized spacial score (nSPS) is 12.5. The second-order valence-corrected chi connectivity index (χ2v) is 10.1. The summed E-state index contributed by atoms with van der Waals surface area (Å²) in [5, 5.41) is 21.8. The molecule has 0 heterocycles. The summed E-state index contributed by atoms with van der Waals surface area (Å²) in [6.07, 6.45) is 9.33. The fourth-order valence-corrected chi connectivity index (χ4v) is 4.43. The molecule has 0 saturated heterocycles. The Labute approximate surface area is 182 Å². The predicted octanol–water partition coefficient (Wildman–Crippen LogP) is 7.96. The first kappa shape index (κ1) is 24.2. The van der Waals surface area contributed by atoms with Crippen LogP contribution in [0.3, 0.4) is 0 Å². The van der Waals surface area contributed by atoms with Crippen LogP contribution in [0.4, 0.5) is 0 Å². The van der Waals surface area contributed by atoms with Crippen molar-refractivity contribution in [1.82, 2.24) is 0 Å². The van der Waals surface area contributed by atoms with Crippen molar-refractivity contribution in [3.63, 3.8) is 0 Å². The molecule has 2 aromatic rings. The number of hydrogen-bond donors (Lipinski definition) is 2. The van der Waals surface area contributed by atoms with Gasteiger partial charge in [0.25, 0.3) is 0 Å². The van der Waals surface area contributed by atoms with Crippen molar-refractivity contribution in [2.24, 2.45) is 0 Å². The van der Waals surface area contributed by atoms with Crippen molar-refractivity contribution < 1.29 is 15.0 Å². The molecule has 3 nitrogen and oxygen atoms in total. The van der Waals surface area contributed by atoms with Crippen molar-refractivity contribution in [3.8, 4) is 5.75 Å². The average Bonchev–Trinajstić information content (AvgIpc) is 2.66. The van der Waals surface area contributed by atoms with Crippen LogP contribution in [0.5, 0.6) is 5.75 Å². The van der Waals surface area contributed by atoms with Crippen LogP contribution >= 0.6 is 0 Å². The van der Waals surface area contributed by atoms with Gasteiger partial charge in [0.15, 0.2) is 0 Å². The molecule has 0 spiro atoms. The van der Waals surface area contributed by atoms with Gasteiger partial charge in [-0.3, -0.25) is 0 Å². The third kappa shape index (κ3) is 5.56. The molecule has 0 aliphatic heterocycles. The van der Waals surface area contributed by atoms with Crippen LogP contribution in [0.15, 0.2) is 24.3 Å². The number of hydrogen-bond acceptors (Lipinski definition) is 2. The summed E-state index contributed by atoms with van der Waals surface area (Å²) >= 11 is 0. The molecular weight excluding hydrogens is 372 g/mol. The topological polar surface area (TPSA) is 57.5 Å². The van der Waals surface area contributed by atoms with Crippen molar-refractivity contribution in [3.05, 3.63) is 41.0 Å². The number of aromatic carboxylic acids is 1. The van der Waals surface area contributed by atoms with E-state index in [1.807, 2.05) is 0 Å². The molecule has 2 rings (SSSR count). The Kier molecular flexibility index (Phi) is 7.96. The fraction of sp³-hybridized carbons (Fsp3) is 0.593. The second kappa shape index (κ2) is 9.85. The molecule has 0 fully saturated rings. The minimum Gasteiger partial charge on any atom is -0.507 e. The number of carbonyl (C=O) groups is 1. The molecule has 0 aromatic heterocycles. The Bertz CT molecular complexity index is 877. The highest BCUT2D eigenvalue weighted by molar-refractivity contribution is 5.99. The zero-order chi connectivity index (χ0) is 22.5. The van der Waals surface area contributed by atoms with Crippen LogP contribution in [0.1, 0.15) is 114 Å². The van der Waals surface area contributed by atoms with Crippen molar-refractivity contribution in [1.29, 1.82) is 0 Å². The molecule has 0 radical (unpaired) electrons. The summed E-state index contributed by atoms with van der Waals surface area (Å²) in [6, 6.07) is 7.76. The Morgan fingerprint density at radius 3 is 1.93 bits per heavy atom. The van der Waals surface area contributed by atoms with E-state index in [1.54, 1.807) is 12.1 Å². The summed E-state index contributed by atoms with van der Waals surface area (Å²) < 4.78 is 0. The maximum absolute atomic E-state index is 11.6. The van der Waals surface area contributed by atoms with E-state index in [9.17, 15) is 15.0 Å². The van der Waals surface area contributed by atoms with Crippen LogP contribution in [0, 0.1) is 0 Å². The van der Waals surface area contributed by atoms with E-state index in [1.165, 1.54) is 43.2 Å². The van der Waals surface area contributed by atoms with Gasteiger partial charge < -0.3 is 10.2 Å². The van der Waals surface area contributed by atoms with Gasteiger partial charge in [-0.05, 0) is 57.7 Å². The Morgan fingerprint density at radius 1 is 0.833 bits per heavy atom. The largest absolute Gasteiger partial charge is 0.507 e. The fourth-order valence-electron chi connectivity index (χ4n) is 4.43. The third-order valence-corrected chi connectivity index (χ3v) is 6.62. The van der Waals surface area contributed by atoms with Crippen LogP contribution in [-0.4, -0.2) is 16.2 Å². The number of unbranched alkanes of at least 4 members (excludes halogenated alkanes) is 4. The Hall–Kier alpha value is -2.03. The molecule has 3 heteroatoms. The Balaban J connectivity index is 2.66. The third-order valence-electron chi connectivity index (χ3n) is 6.62. The van der Waals surface area contributed by atoms with Crippen molar-refractivity contribution >= 4 is 16.7 Å². The van der Waals surface area contributed by atoms with Gasteiger partial charge >= 0.3 is 5.97 Å². The highest BCUT2D eigenvalue weighted by Gasteiger charge is 2.28. The standard InChI is InChI=1S/C27H40O3/c1-7-9-11-13-26(3,4)20-15-19-16-22(25(29)30)24(28)18-21(19)23(17-20)27(5,6)14-12-10-8-2/h15-18,28H,7-14H2,1-6H3,(H,29,30). The number of aromatic hydroxyl groups is 1. The number of rotatable bonds is 11. The molecule has 2 aromatic carbocycles. The molecule has 0 saturated carbocycles. The lowest BCUT2D eigenvalue weighted by Gasteiger charge is -2.32. The minimum absolute atomic E-state index is 0.0128. The van der Waals surface area contributed by atoms with Gasteiger partial charge in [0.05, 0.1) is 0 Å². The van der Waals surface area contributed by atoms with Crippen molar-refractivity contribution in [2.75, 3.05) is 0 Å². The molecule has 0 amide bonds. The lowest BCUT2D eigenvalue weighted by Crippen LogP contribution is -2.22. The number of benzene rings is 2. The molecule has 0 aliphatic rings. The summed E-state index contributed by atoms with van der Waals surface area (Å²) in [5.41, 5.74) is 2.39. The van der Waals surface area contributed by atoms with Crippen LogP contribution < -0.4 is 0 Å². The van der Waals surface area contributed by atoms with Crippen LogP contribution in [0.2, 0.25) is 0 Å². The maximum atomic E-state index is 11.6. The zero-order valence-corrected chi connectivity index (χ0v) is 19.8. The highest BCUT2D eigenvalue weighted by Crippen LogP contribution is 2.41. The van der Waals surface area contributed by atoms with Gasteiger partial charge in [0, 0.05) is 0 Å². The maximum Gasteiger partial charge on any atom is 0.339 e. The average molecular weight is 413 g/mol. The molecule has 2 N–H and O–H groups in total. The van der Waals surface area contributed by atoms with E-state index < -0.39 is 5.97 Å². The van der Waals surface area contributed by atoms with Crippen molar-refractivity contribution in [2.45, 2.75) is 104 Å². The van der Waals surface area contributed by atoms with E-state index in [4.69, 9.17) is 0 Å². The quantitative estimate of drug-likeness (QED) is 0.368. The molecule has 30 heavy (non-hydrogen) atoms. The number of fused-ring (bicyclic) bond motifs is 1. The van der Waals surface area contributed by atoms with Gasteiger partial charge in [-0.25, -0.2) is 4.79 Å². The highest BCUT2D eigenvalue weighted by atomic mass is 16.4. The molecule has 0 aliphatic carbocycles. The van der Waals surface area contributed by atoms with Gasteiger partial charge in [0.1, 0.15) is 11.3 Å². The second-order valence-electron chi connectivity index (χ2n) is 10.1. The van der Waals surface area contributed by atoms with E-state index in [-0.39, 0.29) is 22.1 Å². The van der Waals surface area contributed by atoms with Gasteiger partial charge in [-0.2, -0.15) is 0 Å². The lowest BCUT2D eigenvalue weighted by atomic mass is 9.73. The number of phenols is 1. The number of carboxylic acids is 1. The van der Waals surface area contributed by atoms with E-state index in [0.29, 0.717) is 0 Å². The first-order chi connectivity index (χ1) is 14.0. The molecule has 0 bridgehead atoms. The predicted molar refractivity (Wildman–Crippen MR) is 127 cm³/mol. The molecule has 0 atom stereocenters. The summed E-state index contributed by atoms with van der Waals surface area (Å²) in [4.78, 5) is 11.6. The van der Waals surface area contributed by atoms with Crippen LogP contribution in [-0.2, 0) is 10.8 Å². The van der Waals surface area contributed by atoms with E-state index >= 15 is 0 Å². The monoisotopic (exact) mass is 412 g/mol. The first-order valence-electron chi connectivity index (χ1n) is 11.6. The molecule has 166 valence electrons. The van der Waals surface area contributed by atoms with Gasteiger partial charge in [0.2, 0.25) is 0 Å². The van der Waals surface area contributed by atoms with Gasteiger partial charge in [-0.15, -0.1) is 0 Å². The summed E-state index contributed by atoms with van der Waals surface area (Å²) in [6.45, 7) is 13.6. The lowest BCUT2D eigenvalue weighted by molar-refractivity contribution is 0.0694. The molecular formula is C27H40O3. The first-order valence-corrected chi connectivity index (χ1v) is 11.6. The SMILES string of the molecule is CCCCCC(C)(C)c1cc(C(C)(C)CCCCC)c2cc(O)c(C(=O)O)cc2c1. The summed E-state index contributed by atoms with van der Waals surface area (Å²) in [5.74, 6) is -1.25. The smallest absolute Gasteiger partial charge is 0.339 e. The van der Waals surface area contributed by atoms with Crippen LogP contribution in [0.25, 0.3) is 10.8 Å². The minimum atomic E-state index is -1.09. The number of carboxylic acid groups (broad SMARTS) is 1. The van der Waals surface area contributed by atoms with E-state index in [2.05, 4.69) is 53.7 Å².